The highest BCUT2D eigenvalue weighted by molar-refractivity contribution is 7.16. The minimum absolute atomic E-state index is 0.00139. The summed E-state index contributed by atoms with van der Waals surface area (Å²) in [6.07, 6.45) is 0. The number of fused-ring (bicyclic) bond motifs is 1. The summed E-state index contributed by atoms with van der Waals surface area (Å²) >= 11 is 8.79. The molecule has 3 aromatic rings. The van der Waals surface area contributed by atoms with E-state index in [1.54, 1.807) is 4.57 Å². The lowest BCUT2D eigenvalue weighted by molar-refractivity contribution is 0.716. The molecule has 92 valence electrons. The van der Waals surface area contributed by atoms with Gasteiger partial charge in [-0.2, -0.15) is 0 Å². The van der Waals surface area contributed by atoms with E-state index in [-0.39, 0.29) is 4.87 Å². The molecule has 0 saturated heterocycles. The Morgan fingerprint density at radius 2 is 2.22 bits per heavy atom. The Balaban J connectivity index is 2.08. The topological polar surface area (TPSA) is 47.8 Å². The van der Waals surface area contributed by atoms with Crippen LogP contribution in [0.5, 0.6) is 0 Å². The van der Waals surface area contributed by atoms with Crippen LogP contribution >= 0.6 is 34.3 Å². The van der Waals surface area contributed by atoms with E-state index >= 15 is 0 Å². The second kappa shape index (κ2) is 4.46. The van der Waals surface area contributed by atoms with Gasteiger partial charge < -0.3 is 0 Å². The van der Waals surface area contributed by atoms with Crippen molar-refractivity contribution < 1.29 is 0 Å². The number of rotatable bonds is 2. The fourth-order valence-electron chi connectivity index (χ4n) is 1.67. The van der Waals surface area contributed by atoms with Gasteiger partial charge in [0.25, 0.3) is 0 Å². The fraction of sp³-hybridized carbons (Fsp3) is 0.182. The minimum Gasteiger partial charge on any atom is -0.296 e. The first-order chi connectivity index (χ1) is 8.65. The van der Waals surface area contributed by atoms with E-state index < -0.39 is 0 Å². The Morgan fingerprint density at radius 1 is 1.39 bits per heavy atom. The fourth-order valence-corrected chi connectivity index (χ4v) is 3.49. The van der Waals surface area contributed by atoms with Crippen molar-refractivity contribution >= 4 is 44.5 Å². The van der Waals surface area contributed by atoms with Crippen LogP contribution < -0.4 is 4.87 Å². The van der Waals surface area contributed by atoms with Gasteiger partial charge in [0.05, 0.1) is 6.54 Å². The van der Waals surface area contributed by atoms with Gasteiger partial charge >= 0.3 is 4.87 Å². The van der Waals surface area contributed by atoms with Gasteiger partial charge in [-0.25, -0.2) is 9.97 Å². The van der Waals surface area contributed by atoms with Crippen LogP contribution in [0, 0.1) is 6.92 Å². The summed E-state index contributed by atoms with van der Waals surface area (Å²) in [4.78, 5) is 21.1. The number of nitrogens with zero attached hydrogens (tertiary/aromatic N) is 3. The Bertz CT molecular complexity index is 774. The highest BCUT2D eigenvalue weighted by Crippen LogP contribution is 2.24. The SMILES string of the molecule is Cc1csc(=O)n1Cc1nc(Cl)c2ccsc2n1. The van der Waals surface area contributed by atoms with Gasteiger partial charge in [-0.15, -0.1) is 11.3 Å². The highest BCUT2D eigenvalue weighted by Gasteiger charge is 2.10. The maximum absolute atomic E-state index is 11.6. The Morgan fingerprint density at radius 3 is 2.94 bits per heavy atom. The smallest absolute Gasteiger partial charge is 0.296 e. The molecule has 0 aliphatic heterocycles. The van der Waals surface area contributed by atoms with E-state index in [2.05, 4.69) is 9.97 Å². The quantitative estimate of drug-likeness (QED) is 0.683. The average molecular weight is 298 g/mol. The lowest BCUT2D eigenvalue weighted by Gasteiger charge is -2.04. The monoisotopic (exact) mass is 297 g/mol. The molecule has 0 unspecified atom stereocenters. The number of aromatic nitrogens is 3. The van der Waals surface area contributed by atoms with E-state index in [1.807, 2.05) is 23.8 Å². The molecular weight excluding hydrogens is 290 g/mol. The third-order valence-corrected chi connectivity index (χ3v) is 4.58. The summed E-state index contributed by atoms with van der Waals surface area (Å²) < 4.78 is 1.65. The maximum atomic E-state index is 11.6. The molecule has 0 bridgehead atoms. The Labute approximate surface area is 116 Å². The Hall–Kier alpha value is -1.24. The molecule has 3 aromatic heterocycles. The molecule has 0 aromatic carbocycles. The van der Waals surface area contributed by atoms with Crippen LogP contribution in [-0.4, -0.2) is 14.5 Å². The van der Waals surface area contributed by atoms with E-state index in [0.29, 0.717) is 17.5 Å². The highest BCUT2D eigenvalue weighted by atomic mass is 35.5. The van der Waals surface area contributed by atoms with Gasteiger partial charge in [0, 0.05) is 16.5 Å². The van der Waals surface area contributed by atoms with Gasteiger partial charge in [-0.3, -0.25) is 9.36 Å². The lowest BCUT2D eigenvalue weighted by atomic mass is 10.4. The normalized spacial score (nSPS) is 11.2. The second-order valence-corrected chi connectivity index (χ2v) is 5.87. The van der Waals surface area contributed by atoms with Gasteiger partial charge in [-0.1, -0.05) is 22.9 Å². The van der Waals surface area contributed by atoms with Gasteiger partial charge in [0.1, 0.15) is 9.98 Å². The van der Waals surface area contributed by atoms with Crippen molar-refractivity contribution in [3.05, 3.63) is 43.2 Å². The van der Waals surface area contributed by atoms with Crippen LogP contribution in [0.3, 0.4) is 0 Å². The zero-order valence-corrected chi connectivity index (χ0v) is 11.8. The van der Waals surface area contributed by atoms with Crippen LogP contribution in [0.15, 0.2) is 21.6 Å². The van der Waals surface area contributed by atoms with Crippen LogP contribution in [0.4, 0.5) is 0 Å². The molecule has 0 aliphatic carbocycles. The van der Waals surface area contributed by atoms with E-state index in [9.17, 15) is 4.79 Å². The molecule has 0 N–H and O–H groups in total. The van der Waals surface area contributed by atoms with Crippen molar-refractivity contribution in [3.63, 3.8) is 0 Å². The first kappa shape index (κ1) is 11.8. The molecule has 0 radical (unpaired) electrons. The van der Waals surface area contributed by atoms with Crippen molar-refractivity contribution in [2.45, 2.75) is 13.5 Å². The minimum atomic E-state index is -0.00139. The molecule has 18 heavy (non-hydrogen) atoms. The number of hydrogen-bond acceptors (Lipinski definition) is 5. The summed E-state index contributed by atoms with van der Waals surface area (Å²) in [5, 5.41) is 5.06. The van der Waals surface area contributed by atoms with Crippen LogP contribution in [0.25, 0.3) is 10.2 Å². The van der Waals surface area contributed by atoms with Crippen LogP contribution in [-0.2, 0) is 6.54 Å². The first-order valence-corrected chi connectivity index (χ1v) is 7.33. The standard InChI is InChI=1S/C11H8ClN3OS2/c1-6-5-18-11(16)15(6)4-8-13-9(12)7-2-3-17-10(7)14-8/h2-3,5H,4H2,1H3. The zero-order chi connectivity index (χ0) is 12.7. The summed E-state index contributed by atoms with van der Waals surface area (Å²) in [6, 6.07) is 1.90. The van der Waals surface area contributed by atoms with E-state index in [0.717, 1.165) is 15.9 Å². The van der Waals surface area contributed by atoms with Gasteiger partial charge in [-0.05, 0) is 18.4 Å². The van der Waals surface area contributed by atoms with Crippen molar-refractivity contribution in [1.29, 1.82) is 0 Å². The number of aryl methyl sites for hydroxylation is 1. The molecule has 3 rings (SSSR count). The van der Waals surface area contributed by atoms with Crippen LogP contribution in [0.2, 0.25) is 5.15 Å². The molecule has 0 amide bonds. The van der Waals surface area contributed by atoms with E-state index in [1.165, 1.54) is 22.7 Å². The third kappa shape index (κ3) is 1.96. The molecular formula is C11H8ClN3OS2. The summed E-state index contributed by atoms with van der Waals surface area (Å²) in [5.41, 5.74) is 0.913. The molecule has 0 aliphatic rings. The number of thiazole rings is 1. The lowest BCUT2D eigenvalue weighted by Crippen LogP contribution is -2.16. The molecule has 3 heterocycles. The molecule has 0 saturated carbocycles. The van der Waals surface area contributed by atoms with Crippen LogP contribution in [0.1, 0.15) is 11.5 Å². The molecule has 4 nitrogen and oxygen atoms in total. The van der Waals surface area contributed by atoms with Crippen molar-refractivity contribution in [1.82, 2.24) is 14.5 Å². The molecule has 7 heteroatoms. The van der Waals surface area contributed by atoms with Gasteiger partial charge in [0.15, 0.2) is 5.82 Å². The molecule has 0 fully saturated rings. The summed E-state index contributed by atoms with van der Waals surface area (Å²) in [6.45, 7) is 2.25. The summed E-state index contributed by atoms with van der Waals surface area (Å²) in [7, 11) is 0. The van der Waals surface area contributed by atoms with Crippen molar-refractivity contribution in [2.24, 2.45) is 0 Å². The maximum Gasteiger partial charge on any atom is 0.307 e. The number of thiophene rings is 1. The van der Waals surface area contributed by atoms with Crippen molar-refractivity contribution in [3.8, 4) is 0 Å². The molecule has 0 atom stereocenters. The predicted octanol–water partition coefficient (Wildman–Crippen LogP) is 2.92. The van der Waals surface area contributed by atoms with Crippen molar-refractivity contribution in [2.75, 3.05) is 0 Å². The number of hydrogen-bond donors (Lipinski definition) is 0. The largest absolute Gasteiger partial charge is 0.307 e. The van der Waals surface area contributed by atoms with Gasteiger partial charge in [0.2, 0.25) is 0 Å². The Kier molecular flexibility index (Phi) is 2.93. The third-order valence-electron chi connectivity index (χ3n) is 2.60. The van der Waals surface area contributed by atoms with E-state index in [4.69, 9.17) is 11.6 Å². The number of halogens is 1. The predicted molar refractivity (Wildman–Crippen MR) is 74.8 cm³/mol. The zero-order valence-electron chi connectivity index (χ0n) is 9.38. The second-order valence-electron chi connectivity index (χ2n) is 3.80. The average Bonchev–Trinajstić information content (AvgIpc) is 2.91. The first-order valence-electron chi connectivity index (χ1n) is 5.19. The molecule has 0 spiro atoms. The summed E-state index contributed by atoms with van der Waals surface area (Å²) in [5.74, 6) is 0.568.